The van der Waals surface area contributed by atoms with Crippen LogP contribution in [0.25, 0.3) is 0 Å². The molecule has 0 saturated carbocycles. The van der Waals surface area contributed by atoms with E-state index in [4.69, 9.17) is 21.4 Å². The minimum Gasteiger partial charge on any atom is -0.496 e. The van der Waals surface area contributed by atoms with Crippen LogP contribution in [-0.2, 0) is 4.79 Å². The van der Waals surface area contributed by atoms with Gasteiger partial charge in [0.15, 0.2) is 0 Å². The molecule has 6 nitrogen and oxygen atoms in total. The van der Waals surface area contributed by atoms with Gasteiger partial charge in [-0.25, -0.2) is 4.79 Å². The number of ether oxygens (including phenoxy) is 1. The fourth-order valence-electron chi connectivity index (χ4n) is 1.94. The number of carboxylic acids is 1. The molecule has 2 rings (SSSR count). The van der Waals surface area contributed by atoms with Crippen molar-refractivity contribution in [2.75, 3.05) is 25.5 Å². The van der Waals surface area contributed by atoms with Gasteiger partial charge in [-0.15, -0.1) is 0 Å². The Hall–Kier alpha value is -1.79. The number of carbonyl (C=O) groups is 2. The van der Waals surface area contributed by atoms with Crippen molar-refractivity contribution >= 4 is 29.2 Å². The number of benzene rings is 1. The van der Waals surface area contributed by atoms with E-state index >= 15 is 0 Å². The first kappa shape index (κ1) is 14.6. The van der Waals surface area contributed by atoms with Gasteiger partial charge in [-0.05, 0) is 25.1 Å². The Morgan fingerprint density at radius 2 is 2.20 bits per heavy atom. The second kappa shape index (κ2) is 6.11. The molecule has 0 spiro atoms. The van der Waals surface area contributed by atoms with Crippen molar-refractivity contribution in [3.63, 3.8) is 0 Å². The molecule has 20 heavy (non-hydrogen) atoms. The molecule has 3 N–H and O–H groups in total. The first-order valence-electron chi connectivity index (χ1n) is 6.12. The highest BCUT2D eigenvalue weighted by Crippen LogP contribution is 2.31. The van der Waals surface area contributed by atoms with Gasteiger partial charge in [-0.1, -0.05) is 11.6 Å². The number of anilines is 1. The second-order valence-electron chi connectivity index (χ2n) is 4.61. The maximum atomic E-state index is 11.8. The van der Waals surface area contributed by atoms with Crippen molar-refractivity contribution in [1.29, 1.82) is 0 Å². The Labute approximate surface area is 121 Å². The summed E-state index contributed by atoms with van der Waals surface area (Å²) in [7, 11) is 1.36. The van der Waals surface area contributed by atoms with Crippen molar-refractivity contribution in [3.8, 4) is 5.75 Å². The molecule has 1 aliphatic rings. The third-order valence-electron chi connectivity index (χ3n) is 3.13. The number of carbonyl (C=O) groups excluding carboxylic acids is 1. The van der Waals surface area contributed by atoms with E-state index in [-0.39, 0.29) is 22.2 Å². The number of nitrogens with one attached hydrogen (secondary N) is 2. The lowest BCUT2D eigenvalue weighted by atomic mass is 9.99. The number of hydrogen-bond donors (Lipinski definition) is 3. The Balaban J connectivity index is 2.14. The van der Waals surface area contributed by atoms with Gasteiger partial charge in [-0.2, -0.15) is 0 Å². The summed E-state index contributed by atoms with van der Waals surface area (Å²) in [6.45, 7) is 1.67. The highest BCUT2D eigenvalue weighted by Gasteiger charge is 2.21. The quantitative estimate of drug-likeness (QED) is 0.768. The molecule has 0 aromatic heterocycles. The molecule has 1 aromatic rings. The van der Waals surface area contributed by atoms with Crippen molar-refractivity contribution in [2.45, 2.75) is 6.42 Å². The molecule has 0 bridgehead atoms. The molecule has 0 unspecified atom stereocenters. The Bertz CT molecular complexity index is 543. The van der Waals surface area contributed by atoms with Gasteiger partial charge >= 0.3 is 5.97 Å². The molecule has 108 valence electrons. The average Bonchev–Trinajstić information content (AvgIpc) is 2.35. The van der Waals surface area contributed by atoms with E-state index in [0.29, 0.717) is 18.0 Å². The molecule has 1 amide bonds. The van der Waals surface area contributed by atoms with Crippen LogP contribution in [0.1, 0.15) is 16.8 Å². The van der Waals surface area contributed by atoms with Gasteiger partial charge in [-0.3, -0.25) is 4.79 Å². The van der Waals surface area contributed by atoms with Crippen LogP contribution in [0.2, 0.25) is 5.02 Å². The van der Waals surface area contributed by atoms with Crippen LogP contribution in [0, 0.1) is 5.92 Å². The van der Waals surface area contributed by atoms with E-state index in [9.17, 15) is 9.59 Å². The Kier molecular flexibility index (Phi) is 4.46. The van der Waals surface area contributed by atoms with Gasteiger partial charge in [0.25, 0.3) is 0 Å². The fraction of sp³-hybridized carbons (Fsp3) is 0.385. The van der Waals surface area contributed by atoms with Gasteiger partial charge in [0.05, 0.1) is 17.8 Å². The largest absolute Gasteiger partial charge is 0.496 e. The zero-order chi connectivity index (χ0) is 14.7. The smallest absolute Gasteiger partial charge is 0.339 e. The predicted octanol–water partition coefficient (Wildman–Crippen LogP) is 1.59. The number of halogens is 1. The monoisotopic (exact) mass is 298 g/mol. The molecular formula is C13H15ClN2O4. The number of carboxylic acid groups (broad SMARTS) is 1. The molecule has 1 saturated heterocycles. The van der Waals surface area contributed by atoms with Crippen molar-refractivity contribution in [1.82, 2.24) is 5.32 Å². The van der Waals surface area contributed by atoms with Gasteiger partial charge in [0.1, 0.15) is 11.3 Å². The summed E-state index contributed by atoms with van der Waals surface area (Å²) in [5.74, 6) is -0.790. The summed E-state index contributed by atoms with van der Waals surface area (Å²) in [5, 5.41) is 15.0. The maximum absolute atomic E-state index is 11.8. The van der Waals surface area contributed by atoms with E-state index in [0.717, 1.165) is 13.1 Å². The standard InChI is InChI=1S/C13H15ClN2O4/c1-20-11-4-10(9(14)3-8(11)13(18)19)16-12(17)2-7-5-15-6-7/h3-4,7,15H,2,5-6H2,1H3,(H,16,17)(H,18,19). The third kappa shape index (κ3) is 3.20. The van der Waals surface area contributed by atoms with Gasteiger partial charge in [0.2, 0.25) is 5.91 Å². The molecule has 1 fully saturated rings. The Morgan fingerprint density at radius 3 is 2.70 bits per heavy atom. The lowest BCUT2D eigenvalue weighted by Gasteiger charge is -2.26. The SMILES string of the molecule is COc1cc(NC(=O)CC2CNC2)c(Cl)cc1C(=O)O. The third-order valence-corrected chi connectivity index (χ3v) is 3.45. The lowest BCUT2D eigenvalue weighted by Crippen LogP contribution is -2.43. The molecule has 7 heteroatoms. The summed E-state index contributed by atoms with van der Waals surface area (Å²) in [6, 6.07) is 2.69. The topological polar surface area (TPSA) is 87.7 Å². The van der Waals surface area contributed by atoms with Gasteiger partial charge in [0, 0.05) is 12.5 Å². The maximum Gasteiger partial charge on any atom is 0.339 e. The van der Waals surface area contributed by atoms with Gasteiger partial charge < -0.3 is 20.5 Å². The molecule has 1 aliphatic heterocycles. The number of hydrogen-bond acceptors (Lipinski definition) is 4. The normalized spacial score (nSPS) is 14.5. The van der Waals surface area contributed by atoms with Crippen LogP contribution in [-0.4, -0.2) is 37.2 Å². The Morgan fingerprint density at radius 1 is 1.50 bits per heavy atom. The molecule has 0 aliphatic carbocycles. The molecule has 0 atom stereocenters. The zero-order valence-electron chi connectivity index (χ0n) is 10.9. The van der Waals surface area contributed by atoms with E-state index in [1.54, 1.807) is 0 Å². The zero-order valence-corrected chi connectivity index (χ0v) is 11.7. The fourth-order valence-corrected chi connectivity index (χ4v) is 2.15. The van der Waals surface area contributed by atoms with Crippen molar-refractivity contribution in [2.24, 2.45) is 5.92 Å². The number of rotatable bonds is 5. The molecule has 0 radical (unpaired) electrons. The van der Waals surface area contributed by atoms with Crippen LogP contribution in [0.3, 0.4) is 0 Å². The van der Waals surface area contributed by atoms with E-state index in [2.05, 4.69) is 10.6 Å². The summed E-state index contributed by atoms with van der Waals surface area (Å²) >= 11 is 5.98. The first-order valence-corrected chi connectivity index (χ1v) is 6.50. The summed E-state index contributed by atoms with van der Waals surface area (Å²) in [4.78, 5) is 22.9. The number of amides is 1. The van der Waals surface area contributed by atoms with Crippen LogP contribution in [0.15, 0.2) is 12.1 Å². The number of methoxy groups -OCH3 is 1. The summed E-state index contributed by atoms with van der Waals surface area (Å²) in [5.41, 5.74) is 0.310. The average molecular weight is 299 g/mol. The van der Waals surface area contributed by atoms with Crippen molar-refractivity contribution in [3.05, 3.63) is 22.7 Å². The highest BCUT2D eigenvalue weighted by atomic mass is 35.5. The lowest BCUT2D eigenvalue weighted by molar-refractivity contribution is -0.117. The molecule has 1 heterocycles. The van der Waals surface area contributed by atoms with Crippen LogP contribution < -0.4 is 15.4 Å². The minimum atomic E-state index is -1.14. The van der Waals surface area contributed by atoms with Crippen LogP contribution in [0.5, 0.6) is 5.75 Å². The van der Waals surface area contributed by atoms with E-state index in [1.807, 2.05) is 0 Å². The summed E-state index contributed by atoms with van der Waals surface area (Å²) < 4.78 is 5.00. The van der Waals surface area contributed by atoms with Crippen LogP contribution in [0.4, 0.5) is 5.69 Å². The van der Waals surface area contributed by atoms with Crippen LogP contribution >= 0.6 is 11.6 Å². The summed E-state index contributed by atoms with van der Waals surface area (Å²) in [6.07, 6.45) is 0.409. The predicted molar refractivity (Wildman–Crippen MR) is 74.6 cm³/mol. The molecular weight excluding hydrogens is 284 g/mol. The van der Waals surface area contributed by atoms with Crippen molar-refractivity contribution < 1.29 is 19.4 Å². The van der Waals surface area contributed by atoms with E-state index < -0.39 is 5.97 Å². The first-order chi connectivity index (χ1) is 9.51. The minimum absolute atomic E-state index is 0.0429. The molecule has 1 aromatic carbocycles. The second-order valence-corrected chi connectivity index (χ2v) is 5.02. The number of aromatic carboxylic acids is 1. The highest BCUT2D eigenvalue weighted by molar-refractivity contribution is 6.34. The van der Waals surface area contributed by atoms with E-state index in [1.165, 1.54) is 19.2 Å².